The van der Waals surface area contributed by atoms with Gasteiger partial charge in [-0.2, -0.15) is 0 Å². The zero-order chi connectivity index (χ0) is 10.2. The molecule has 1 N–H and O–H groups in total. The highest BCUT2D eigenvalue weighted by atomic mass is 16.5. The van der Waals surface area contributed by atoms with Crippen LogP contribution >= 0.6 is 0 Å². The molecule has 1 heterocycles. The maximum absolute atomic E-state index is 9.48. The van der Waals surface area contributed by atoms with E-state index in [1.165, 1.54) is 0 Å². The summed E-state index contributed by atoms with van der Waals surface area (Å²) in [7, 11) is 1.58. The fourth-order valence-corrected chi connectivity index (χ4v) is 1.61. The molecule has 3 nitrogen and oxygen atoms in total. The third kappa shape index (κ3) is 1.25. The van der Waals surface area contributed by atoms with Crippen molar-refractivity contribution in [2.75, 3.05) is 7.11 Å². The van der Waals surface area contributed by atoms with Gasteiger partial charge in [0.2, 0.25) is 5.88 Å². The largest absolute Gasteiger partial charge is 0.512 e. The number of methoxy groups -OCH3 is 1. The van der Waals surface area contributed by atoms with E-state index in [9.17, 15) is 5.11 Å². The van der Waals surface area contributed by atoms with Crippen molar-refractivity contribution in [3.05, 3.63) is 36.2 Å². The molecular weight excluding hydrogens is 178 g/mol. The monoisotopic (exact) mass is 191 g/mol. The molecule has 1 aromatic rings. The topological polar surface area (TPSA) is 42.4 Å². The second kappa shape index (κ2) is 3.01. The Balaban J connectivity index is 2.37. The summed E-state index contributed by atoms with van der Waals surface area (Å²) in [5.74, 6) is 0.785. The van der Waals surface area contributed by atoms with Crippen LogP contribution in [0.1, 0.15) is 18.5 Å². The minimum atomic E-state index is -0.297. The van der Waals surface area contributed by atoms with Crippen LogP contribution < -0.4 is 4.74 Å². The molecule has 0 unspecified atom stereocenters. The quantitative estimate of drug-likeness (QED) is 0.745. The van der Waals surface area contributed by atoms with Gasteiger partial charge < -0.3 is 9.84 Å². The molecule has 0 radical (unpaired) electrons. The lowest BCUT2D eigenvalue weighted by Crippen LogP contribution is -2.11. The van der Waals surface area contributed by atoms with Crippen LogP contribution in [0, 0.1) is 0 Å². The van der Waals surface area contributed by atoms with Crippen molar-refractivity contribution in [2.24, 2.45) is 0 Å². The molecule has 0 atom stereocenters. The van der Waals surface area contributed by atoms with Crippen LogP contribution in [0.25, 0.3) is 0 Å². The summed E-state index contributed by atoms with van der Waals surface area (Å²) in [6, 6.07) is 5.57. The fourth-order valence-electron chi connectivity index (χ4n) is 1.61. The summed E-state index contributed by atoms with van der Waals surface area (Å²) in [6.07, 6.45) is 1.84. The third-order valence-corrected chi connectivity index (χ3v) is 2.73. The van der Waals surface area contributed by atoms with Crippen molar-refractivity contribution >= 4 is 0 Å². The fraction of sp³-hybridized carbons (Fsp3) is 0.364. The summed E-state index contributed by atoms with van der Waals surface area (Å²) >= 11 is 0. The molecule has 0 amide bonds. The summed E-state index contributed by atoms with van der Waals surface area (Å²) in [5.41, 5.74) is 0.554. The minimum Gasteiger partial charge on any atom is -0.512 e. The molecule has 1 aliphatic rings. The standard InChI is InChI=1S/C11H13NO2/c1-8(13)11(6-7-11)9-4-3-5-10(12-9)14-2/h3-5,13H,1,6-7H2,2H3. The smallest absolute Gasteiger partial charge is 0.213 e. The maximum atomic E-state index is 9.48. The number of hydrogen-bond acceptors (Lipinski definition) is 3. The van der Waals surface area contributed by atoms with Crippen LogP contribution in [0.4, 0.5) is 0 Å². The van der Waals surface area contributed by atoms with Crippen LogP contribution in [-0.4, -0.2) is 17.2 Å². The molecule has 14 heavy (non-hydrogen) atoms. The normalized spacial score (nSPS) is 17.5. The molecule has 74 valence electrons. The van der Waals surface area contributed by atoms with Crippen LogP contribution in [-0.2, 0) is 5.41 Å². The first kappa shape index (κ1) is 9.06. The van der Waals surface area contributed by atoms with E-state index in [-0.39, 0.29) is 11.2 Å². The van der Waals surface area contributed by atoms with E-state index in [1.54, 1.807) is 13.2 Å². The van der Waals surface area contributed by atoms with Gasteiger partial charge in [-0.1, -0.05) is 12.6 Å². The summed E-state index contributed by atoms with van der Waals surface area (Å²) in [6.45, 7) is 3.60. The molecule has 0 spiro atoms. The maximum Gasteiger partial charge on any atom is 0.213 e. The molecule has 1 aromatic heterocycles. The van der Waals surface area contributed by atoms with E-state index in [1.807, 2.05) is 12.1 Å². The number of nitrogens with zero attached hydrogens (tertiary/aromatic N) is 1. The summed E-state index contributed by atoms with van der Waals surface area (Å²) in [4.78, 5) is 4.30. The average Bonchev–Trinajstić information content (AvgIpc) is 2.98. The van der Waals surface area contributed by atoms with Crippen molar-refractivity contribution in [1.82, 2.24) is 4.98 Å². The Morgan fingerprint density at radius 1 is 1.57 bits per heavy atom. The lowest BCUT2D eigenvalue weighted by atomic mass is 10.00. The Hall–Kier alpha value is -1.51. The predicted octanol–water partition coefficient (Wildman–Crippen LogP) is 2.19. The van der Waals surface area contributed by atoms with Crippen LogP contribution in [0.2, 0.25) is 0 Å². The van der Waals surface area contributed by atoms with E-state index in [0.29, 0.717) is 5.88 Å². The first-order valence-electron chi connectivity index (χ1n) is 4.59. The Kier molecular flexibility index (Phi) is 1.95. The number of aliphatic hydroxyl groups excluding tert-OH is 1. The highest BCUT2D eigenvalue weighted by Gasteiger charge is 2.48. The van der Waals surface area contributed by atoms with Crippen molar-refractivity contribution < 1.29 is 9.84 Å². The molecular formula is C11H13NO2. The van der Waals surface area contributed by atoms with Gasteiger partial charge in [0, 0.05) is 6.07 Å². The number of aliphatic hydroxyl groups is 1. The van der Waals surface area contributed by atoms with Gasteiger partial charge in [-0.3, -0.25) is 0 Å². The zero-order valence-corrected chi connectivity index (χ0v) is 8.16. The first-order chi connectivity index (χ1) is 6.69. The lowest BCUT2D eigenvalue weighted by Gasteiger charge is -2.13. The van der Waals surface area contributed by atoms with Gasteiger partial charge in [-0.05, 0) is 18.9 Å². The van der Waals surface area contributed by atoms with E-state index < -0.39 is 0 Å². The number of pyridine rings is 1. The van der Waals surface area contributed by atoms with Crippen LogP contribution in [0.5, 0.6) is 5.88 Å². The second-order valence-corrected chi connectivity index (χ2v) is 3.59. The van der Waals surface area contributed by atoms with Gasteiger partial charge in [0.15, 0.2) is 0 Å². The van der Waals surface area contributed by atoms with Crippen molar-refractivity contribution in [2.45, 2.75) is 18.3 Å². The van der Waals surface area contributed by atoms with E-state index >= 15 is 0 Å². The molecule has 0 aromatic carbocycles. The number of hydrogen-bond donors (Lipinski definition) is 1. The Bertz CT molecular complexity index is 369. The molecule has 1 fully saturated rings. The number of aromatic nitrogens is 1. The predicted molar refractivity (Wildman–Crippen MR) is 53.5 cm³/mol. The number of rotatable bonds is 3. The molecule has 0 bridgehead atoms. The third-order valence-electron chi connectivity index (χ3n) is 2.73. The van der Waals surface area contributed by atoms with Gasteiger partial charge in [-0.25, -0.2) is 4.98 Å². The SMILES string of the molecule is C=C(O)C1(c2cccc(OC)n2)CC1. The minimum absolute atomic E-state index is 0.207. The Morgan fingerprint density at radius 2 is 2.29 bits per heavy atom. The van der Waals surface area contributed by atoms with E-state index in [4.69, 9.17) is 4.74 Å². The highest BCUT2D eigenvalue weighted by Crippen LogP contribution is 2.51. The molecule has 0 saturated heterocycles. The zero-order valence-electron chi connectivity index (χ0n) is 8.16. The molecule has 2 rings (SSSR count). The average molecular weight is 191 g/mol. The van der Waals surface area contributed by atoms with Gasteiger partial charge in [0.05, 0.1) is 24.0 Å². The molecule has 0 aliphatic heterocycles. The Morgan fingerprint density at radius 3 is 2.79 bits per heavy atom. The highest BCUT2D eigenvalue weighted by molar-refractivity contribution is 5.35. The molecule has 1 aliphatic carbocycles. The summed E-state index contributed by atoms with van der Waals surface area (Å²) < 4.78 is 5.04. The number of allylic oxidation sites excluding steroid dienone is 1. The van der Waals surface area contributed by atoms with Gasteiger partial charge >= 0.3 is 0 Å². The lowest BCUT2D eigenvalue weighted by molar-refractivity contribution is 0.354. The van der Waals surface area contributed by atoms with Crippen molar-refractivity contribution in [3.63, 3.8) is 0 Å². The molecule has 3 heteroatoms. The second-order valence-electron chi connectivity index (χ2n) is 3.59. The molecule has 1 saturated carbocycles. The van der Waals surface area contributed by atoms with E-state index in [0.717, 1.165) is 18.5 Å². The van der Waals surface area contributed by atoms with E-state index in [2.05, 4.69) is 11.6 Å². The van der Waals surface area contributed by atoms with Crippen LogP contribution in [0.3, 0.4) is 0 Å². The number of ether oxygens (including phenoxy) is 1. The van der Waals surface area contributed by atoms with Gasteiger partial charge in [0.1, 0.15) is 0 Å². The van der Waals surface area contributed by atoms with Crippen LogP contribution in [0.15, 0.2) is 30.5 Å². The van der Waals surface area contributed by atoms with Gasteiger partial charge in [-0.15, -0.1) is 0 Å². The van der Waals surface area contributed by atoms with Crippen molar-refractivity contribution in [3.8, 4) is 5.88 Å². The Labute approximate surface area is 83.1 Å². The summed E-state index contributed by atoms with van der Waals surface area (Å²) in [5, 5.41) is 9.48. The van der Waals surface area contributed by atoms with Gasteiger partial charge in [0.25, 0.3) is 0 Å². The van der Waals surface area contributed by atoms with Crippen molar-refractivity contribution in [1.29, 1.82) is 0 Å². The first-order valence-corrected chi connectivity index (χ1v) is 4.59.